The number of carbonyl (C=O) groups is 4. The number of aliphatic carboxylic acids is 1. The van der Waals surface area contributed by atoms with Gasteiger partial charge in [0.15, 0.2) is 0 Å². The van der Waals surface area contributed by atoms with Crippen molar-refractivity contribution in [3.63, 3.8) is 0 Å². The lowest BCUT2D eigenvalue weighted by Crippen LogP contribution is -2.42. The molecule has 0 aliphatic carbocycles. The Morgan fingerprint density at radius 3 is 2.11 bits per heavy atom. The first-order valence-electron chi connectivity index (χ1n) is 10.9. The molecule has 0 heterocycles. The maximum atomic E-state index is 12.8. The molecule has 1 unspecified atom stereocenters. The van der Waals surface area contributed by atoms with Gasteiger partial charge in [0.2, 0.25) is 11.8 Å². The van der Waals surface area contributed by atoms with Crippen LogP contribution in [-0.4, -0.2) is 34.8 Å². The van der Waals surface area contributed by atoms with E-state index in [4.69, 9.17) is 0 Å². The average molecular weight is 472 g/mol. The highest BCUT2D eigenvalue weighted by Crippen LogP contribution is 2.16. The first kappa shape index (κ1) is 24.9. The normalized spacial score (nSPS) is 11.4. The summed E-state index contributed by atoms with van der Waals surface area (Å²) >= 11 is 0. The van der Waals surface area contributed by atoms with Gasteiger partial charge >= 0.3 is 5.97 Å². The van der Waals surface area contributed by atoms with Gasteiger partial charge in [0.25, 0.3) is 5.91 Å². The van der Waals surface area contributed by atoms with E-state index in [1.165, 1.54) is 18.3 Å². The molecule has 0 spiro atoms. The van der Waals surface area contributed by atoms with Crippen LogP contribution in [0.3, 0.4) is 0 Å². The summed E-state index contributed by atoms with van der Waals surface area (Å²) in [6.07, 6.45) is 2.79. The topological polar surface area (TPSA) is 125 Å². The molecule has 8 heteroatoms. The summed E-state index contributed by atoms with van der Waals surface area (Å²) in [6, 6.07) is 23.3. The van der Waals surface area contributed by atoms with Gasteiger partial charge in [-0.25, -0.2) is 4.79 Å². The summed E-state index contributed by atoms with van der Waals surface area (Å²) in [6.45, 7) is 0. The minimum atomic E-state index is -1.18. The SMILES string of the molecule is O=C(CC(=O)Nc1ccccc1C(=O)NC(Cc1ccccc1)C(=O)O)N/C=C/c1ccccc1. The Morgan fingerprint density at radius 2 is 1.43 bits per heavy atom. The second kappa shape index (κ2) is 12.5. The van der Waals surface area contributed by atoms with Crippen LogP contribution in [-0.2, 0) is 20.8 Å². The Kier molecular flexibility index (Phi) is 8.90. The van der Waals surface area contributed by atoms with Gasteiger partial charge in [0.1, 0.15) is 12.5 Å². The molecule has 3 aromatic carbocycles. The largest absolute Gasteiger partial charge is 0.480 e. The fourth-order valence-electron chi connectivity index (χ4n) is 3.26. The lowest BCUT2D eigenvalue weighted by atomic mass is 10.1. The number of carbonyl (C=O) groups excluding carboxylic acids is 3. The zero-order valence-corrected chi connectivity index (χ0v) is 18.8. The van der Waals surface area contributed by atoms with E-state index in [-0.39, 0.29) is 17.7 Å². The van der Waals surface area contributed by atoms with Crippen molar-refractivity contribution < 1.29 is 24.3 Å². The van der Waals surface area contributed by atoms with Crippen LogP contribution in [0.2, 0.25) is 0 Å². The van der Waals surface area contributed by atoms with Crippen LogP contribution in [0.4, 0.5) is 5.69 Å². The van der Waals surface area contributed by atoms with E-state index in [0.717, 1.165) is 11.1 Å². The van der Waals surface area contributed by atoms with Crippen LogP contribution in [0, 0.1) is 0 Å². The summed E-state index contributed by atoms with van der Waals surface area (Å²) in [5.74, 6) is -2.97. The summed E-state index contributed by atoms with van der Waals surface area (Å²) in [5, 5.41) is 17.1. The molecule has 0 saturated carbocycles. The number of hydrogen-bond acceptors (Lipinski definition) is 4. The van der Waals surface area contributed by atoms with Crippen LogP contribution in [0.5, 0.6) is 0 Å². The van der Waals surface area contributed by atoms with Crippen LogP contribution in [0.15, 0.2) is 91.1 Å². The number of carboxylic acids is 1. The highest BCUT2D eigenvalue weighted by Gasteiger charge is 2.23. The first-order chi connectivity index (χ1) is 16.9. The van der Waals surface area contributed by atoms with Gasteiger partial charge in [0.05, 0.1) is 11.3 Å². The summed E-state index contributed by atoms with van der Waals surface area (Å²) in [5.41, 5.74) is 1.91. The minimum absolute atomic E-state index is 0.0875. The third-order valence-electron chi connectivity index (χ3n) is 4.97. The zero-order valence-electron chi connectivity index (χ0n) is 18.8. The standard InChI is InChI=1S/C27H25N3O5/c31-24(28-16-15-19-9-3-1-4-10-19)18-25(32)29-22-14-8-7-13-21(22)26(33)30-23(27(34)35)17-20-11-5-2-6-12-20/h1-16,23H,17-18H2,(H,28,31)(H,29,32)(H,30,33)(H,34,35)/b16-15+. The van der Waals surface area contributed by atoms with Crippen LogP contribution in [0.1, 0.15) is 27.9 Å². The number of nitrogens with one attached hydrogen (secondary N) is 3. The maximum Gasteiger partial charge on any atom is 0.326 e. The van der Waals surface area contributed by atoms with Gasteiger partial charge in [0, 0.05) is 12.6 Å². The number of amides is 3. The fraction of sp³-hybridized carbons (Fsp3) is 0.111. The molecule has 0 aliphatic heterocycles. The molecular weight excluding hydrogens is 446 g/mol. The molecule has 4 N–H and O–H groups in total. The number of benzene rings is 3. The Hall–Kier alpha value is -4.72. The van der Waals surface area contributed by atoms with Gasteiger partial charge in [-0.2, -0.15) is 0 Å². The highest BCUT2D eigenvalue weighted by atomic mass is 16.4. The smallest absolute Gasteiger partial charge is 0.326 e. The second-order valence-corrected chi connectivity index (χ2v) is 7.64. The van der Waals surface area contributed by atoms with Crippen LogP contribution in [0.25, 0.3) is 6.08 Å². The predicted molar refractivity (Wildman–Crippen MR) is 132 cm³/mol. The third kappa shape index (κ3) is 7.97. The van der Waals surface area contributed by atoms with E-state index in [1.807, 2.05) is 36.4 Å². The lowest BCUT2D eigenvalue weighted by molar-refractivity contribution is -0.139. The number of anilines is 1. The quantitative estimate of drug-likeness (QED) is 0.338. The van der Waals surface area contributed by atoms with Crippen molar-refractivity contribution in [3.8, 4) is 0 Å². The third-order valence-corrected chi connectivity index (χ3v) is 4.97. The Morgan fingerprint density at radius 1 is 0.800 bits per heavy atom. The van der Waals surface area contributed by atoms with E-state index in [2.05, 4.69) is 16.0 Å². The molecule has 0 aromatic heterocycles. The average Bonchev–Trinajstić information content (AvgIpc) is 2.85. The van der Waals surface area contributed by atoms with Crippen molar-refractivity contribution in [1.82, 2.24) is 10.6 Å². The second-order valence-electron chi connectivity index (χ2n) is 7.64. The Balaban J connectivity index is 1.59. The molecule has 178 valence electrons. The lowest BCUT2D eigenvalue weighted by Gasteiger charge is -2.16. The van der Waals surface area contributed by atoms with Gasteiger partial charge in [-0.1, -0.05) is 72.8 Å². The first-order valence-corrected chi connectivity index (χ1v) is 10.9. The summed E-state index contributed by atoms with van der Waals surface area (Å²) in [7, 11) is 0. The molecular formula is C27H25N3O5. The molecule has 0 fully saturated rings. The molecule has 3 amide bonds. The molecule has 3 rings (SSSR count). The van der Waals surface area contributed by atoms with Crippen molar-refractivity contribution >= 4 is 35.5 Å². The Labute approximate surface area is 202 Å². The number of rotatable bonds is 10. The van der Waals surface area contributed by atoms with Crippen molar-refractivity contribution in [1.29, 1.82) is 0 Å². The van der Waals surface area contributed by atoms with E-state index in [0.29, 0.717) is 0 Å². The summed E-state index contributed by atoms with van der Waals surface area (Å²) in [4.78, 5) is 49.0. The molecule has 1 atom stereocenters. The van der Waals surface area contributed by atoms with E-state index in [1.54, 1.807) is 42.5 Å². The molecule has 8 nitrogen and oxygen atoms in total. The van der Waals surface area contributed by atoms with Gasteiger partial charge < -0.3 is 21.1 Å². The minimum Gasteiger partial charge on any atom is -0.480 e. The van der Waals surface area contributed by atoms with E-state index in [9.17, 15) is 24.3 Å². The molecule has 0 radical (unpaired) electrons. The van der Waals surface area contributed by atoms with Crippen LogP contribution >= 0.6 is 0 Å². The van der Waals surface area contributed by atoms with Gasteiger partial charge in [-0.05, 0) is 29.3 Å². The number of carboxylic acid groups (broad SMARTS) is 1. The van der Waals surface area contributed by atoms with Gasteiger partial charge in [-0.15, -0.1) is 0 Å². The maximum absolute atomic E-state index is 12.8. The number of para-hydroxylation sites is 1. The molecule has 0 bridgehead atoms. The Bertz CT molecular complexity index is 1210. The summed E-state index contributed by atoms with van der Waals surface area (Å²) < 4.78 is 0. The van der Waals surface area contributed by atoms with E-state index < -0.39 is 36.2 Å². The van der Waals surface area contributed by atoms with Gasteiger partial charge in [-0.3, -0.25) is 14.4 Å². The molecule has 0 aliphatic rings. The highest BCUT2D eigenvalue weighted by molar-refractivity contribution is 6.08. The van der Waals surface area contributed by atoms with Crippen molar-refractivity contribution in [3.05, 3.63) is 108 Å². The fourth-order valence-corrected chi connectivity index (χ4v) is 3.26. The van der Waals surface area contributed by atoms with Crippen molar-refractivity contribution in [2.24, 2.45) is 0 Å². The molecule has 35 heavy (non-hydrogen) atoms. The molecule has 3 aromatic rings. The molecule has 0 saturated heterocycles. The number of hydrogen-bond donors (Lipinski definition) is 4. The van der Waals surface area contributed by atoms with Crippen molar-refractivity contribution in [2.45, 2.75) is 18.9 Å². The predicted octanol–water partition coefficient (Wildman–Crippen LogP) is 3.23. The van der Waals surface area contributed by atoms with Crippen molar-refractivity contribution in [2.75, 3.05) is 5.32 Å². The van der Waals surface area contributed by atoms with E-state index >= 15 is 0 Å². The zero-order chi connectivity index (χ0) is 25.0. The van der Waals surface area contributed by atoms with Crippen LogP contribution < -0.4 is 16.0 Å². The monoisotopic (exact) mass is 471 g/mol.